The summed E-state index contributed by atoms with van der Waals surface area (Å²) in [5.74, 6) is -1.38. The molecule has 0 fully saturated rings. The van der Waals surface area contributed by atoms with Gasteiger partial charge in [-0.1, -0.05) is 0 Å². The van der Waals surface area contributed by atoms with E-state index in [0.29, 0.717) is 12.1 Å². The van der Waals surface area contributed by atoms with E-state index in [1.54, 1.807) is 0 Å². The van der Waals surface area contributed by atoms with Gasteiger partial charge >= 0.3 is 12.1 Å². The number of nitrogens with two attached hydrogens (primary N) is 1. The molecule has 1 aromatic rings. The summed E-state index contributed by atoms with van der Waals surface area (Å²) in [5.41, 5.74) is 3.42. The second kappa shape index (κ2) is 3.73. The predicted molar refractivity (Wildman–Crippen MR) is 50.5 cm³/mol. The summed E-state index contributed by atoms with van der Waals surface area (Å²) < 4.78 is 36.6. The van der Waals surface area contributed by atoms with Gasteiger partial charge in [-0.05, 0) is 28.1 Å². The van der Waals surface area contributed by atoms with Gasteiger partial charge in [0.25, 0.3) is 0 Å². The highest BCUT2D eigenvalue weighted by atomic mass is 79.9. The van der Waals surface area contributed by atoms with Crippen molar-refractivity contribution in [3.8, 4) is 0 Å². The maximum absolute atomic E-state index is 12.3. The van der Waals surface area contributed by atoms with Crippen molar-refractivity contribution in [1.29, 1.82) is 0 Å². The van der Waals surface area contributed by atoms with Crippen molar-refractivity contribution in [3.05, 3.63) is 27.7 Å². The molecule has 0 saturated heterocycles. The van der Waals surface area contributed by atoms with Crippen molar-refractivity contribution in [1.82, 2.24) is 0 Å². The SMILES string of the molecule is Nc1cc(C(F)(F)F)cc(Br)c1C(=O)O. The molecule has 7 heteroatoms. The molecule has 0 saturated carbocycles. The van der Waals surface area contributed by atoms with Crippen molar-refractivity contribution in [2.24, 2.45) is 0 Å². The minimum atomic E-state index is -4.55. The van der Waals surface area contributed by atoms with Crippen LogP contribution in [0.2, 0.25) is 0 Å². The topological polar surface area (TPSA) is 63.3 Å². The number of halogens is 4. The molecule has 0 aliphatic carbocycles. The lowest BCUT2D eigenvalue weighted by Crippen LogP contribution is -2.10. The quantitative estimate of drug-likeness (QED) is 0.779. The molecule has 0 atom stereocenters. The van der Waals surface area contributed by atoms with Crippen molar-refractivity contribution >= 4 is 27.6 Å². The summed E-state index contributed by atoms with van der Waals surface area (Å²) in [6.07, 6.45) is -4.55. The molecule has 0 spiro atoms. The maximum Gasteiger partial charge on any atom is 0.416 e. The molecule has 0 heterocycles. The third kappa shape index (κ3) is 2.41. The normalized spacial score (nSPS) is 11.5. The van der Waals surface area contributed by atoms with E-state index in [0.717, 1.165) is 0 Å². The van der Waals surface area contributed by atoms with Crippen LogP contribution in [0.3, 0.4) is 0 Å². The van der Waals surface area contributed by atoms with E-state index in [-0.39, 0.29) is 10.0 Å². The number of carbonyl (C=O) groups is 1. The highest BCUT2D eigenvalue weighted by molar-refractivity contribution is 9.10. The summed E-state index contributed by atoms with van der Waals surface area (Å²) in [6.45, 7) is 0. The van der Waals surface area contributed by atoms with Crippen molar-refractivity contribution < 1.29 is 23.1 Å². The van der Waals surface area contributed by atoms with Gasteiger partial charge in [-0.3, -0.25) is 0 Å². The highest BCUT2D eigenvalue weighted by Gasteiger charge is 2.32. The first-order chi connectivity index (χ1) is 6.73. The van der Waals surface area contributed by atoms with E-state index in [1.165, 1.54) is 0 Å². The van der Waals surface area contributed by atoms with Crippen molar-refractivity contribution in [3.63, 3.8) is 0 Å². The Hall–Kier alpha value is -1.24. The Balaban J connectivity index is 3.39. The monoisotopic (exact) mass is 283 g/mol. The van der Waals surface area contributed by atoms with Gasteiger partial charge in [-0.15, -0.1) is 0 Å². The average molecular weight is 284 g/mol. The summed E-state index contributed by atoms with van der Waals surface area (Å²) in [7, 11) is 0. The fraction of sp³-hybridized carbons (Fsp3) is 0.125. The minimum Gasteiger partial charge on any atom is -0.478 e. The van der Waals surface area contributed by atoms with Gasteiger partial charge in [0.1, 0.15) is 0 Å². The molecule has 1 rings (SSSR count). The molecule has 0 aliphatic rings. The summed E-state index contributed by atoms with van der Waals surface area (Å²) >= 11 is 2.73. The first-order valence-corrected chi connectivity index (χ1v) is 4.42. The van der Waals surface area contributed by atoms with Crippen LogP contribution in [0.4, 0.5) is 18.9 Å². The van der Waals surface area contributed by atoms with Crippen LogP contribution in [0, 0.1) is 0 Å². The number of benzene rings is 1. The van der Waals surface area contributed by atoms with Crippen LogP contribution >= 0.6 is 15.9 Å². The summed E-state index contributed by atoms with van der Waals surface area (Å²) in [6, 6.07) is 1.27. The number of carboxylic acid groups (broad SMARTS) is 1. The van der Waals surface area contributed by atoms with Crippen LogP contribution in [-0.2, 0) is 6.18 Å². The number of anilines is 1. The first-order valence-electron chi connectivity index (χ1n) is 3.63. The largest absolute Gasteiger partial charge is 0.478 e. The van der Waals surface area contributed by atoms with Gasteiger partial charge in [0.05, 0.1) is 11.1 Å². The smallest absolute Gasteiger partial charge is 0.416 e. The number of aromatic carboxylic acids is 1. The van der Waals surface area contributed by atoms with Crippen LogP contribution in [0.25, 0.3) is 0 Å². The van der Waals surface area contributed by atoms with Crippen LogP contribution in [0.5, 0.6) is 0 Å². The van der Waals surface area contributed by atoms with Gasteiger partial charge in [0.2, 0.25) is 0 Å². The molecule has 0 amide bonds. The van der Waals surface area contributed by atoms with Crippen molar-refractivity contribution in [2.45, 2.75) is 6.18 Å². The predicted octanol–water partition coefficient (Wildman–Crippen LogP) is 2.75. The Bertz CT molecular complexity index is 394. The molecule has 82 valence electrons. The third-order valence-electron chi connectivity index (χ3n) is 1.66. The van der Waals surface area contributed by atoms with Crippen LogP contribution in [-0.4, -0.2) is 11.1 Å². The van der Waals surface area contributed by atoms with E-state index in [9.17, 15) is 18.0 Å². The van der Waals surface area contributed by atoms with E-state index in [2.05, 4.69) is 15.9 Å². The van der Waals surface area contributed by atoms with Gasteiger partial charge in [-0.2, -0.15) is 13.2 Å². The second-order valence-corrected chi connectivity index (χ2v) is 3.58. The van der Waals surface area contributed by atoms with Gasteiger partial charge in [0.15, 0.2) is 0 Å². The Morgan fingerprint density at radius 3 is 2.27 bits per heavy atom. The molecule has 3 N–H and O–H groups in total. The number of carboxylic acids is 1. The molecule has 0 bridgehead atoms. The number of nitrogen functional groups attached to an aromatic ring is 1. The number of rotatable bonds is 1. The molecule has 0 aromatic heterocycles. The molecular formula is C8H5BrF3NO2. The molecule has 3 nitrogen and oxygen atoms in total. The standard InChI is InChI=1S/C8H5BrF3NO2/c9-4-1-3(8(10,11)12)2-5(13)6(4)7(14)15/h1-2H,13H2,(H,14,15). The van der Waals surface area contributed by atoms with Gasteiger partial charge < -0.3 is 10.8 Å². The zero-order valence-electron chi connectivity index (χ0n) is 7.10. The van der Waals surface area contributed by atoms with E-state index >= 15 is 0 Å². The van der Waals surface area contributed by atoms with Crippen molar-refractivity contribution in [2.75, 3.05) is 5.73 Å². The maximum atomic E-state index is 12.3. The fourth-order valence-corrected chi connectivity index (χ4v) is 1.66. The van der Waals surface area contributed by atoms with Crippen LogP contribution in [0.15, 0.2) is 16.6 Å². The van der Waals surface area contributed by atoms with E-state index in [4.69, 9.17) is 10.8 Å². The Morgan fingerprint density at radius 2 is 1.93 bits per heavy atom. The zero-order valence-corrected chi connectivity index (χ0v) is 8.69. The number of alkyl halides is 3. The molecule has 15 heavy (non-hydrogen) atoms. The second-order valence-electron chi connectivity index (χ2n) is 2.73. The average Bonchev–Trinajstić information content (AvgIpc) is 1.99. The summed E-state index contributed by atoms with van der Waals surface area (Å²) in [4.78, 5) is 10.6. The highest BCUT2D eigenvalue weighted by Crippen LogP contribution is 2.35. The van der Waals surface area contributed by atoms with Crippen LogP contribution < -0.4 is 5.73 Å². The van der Waals surface area contributed by atoms with E-state index < -0.39 is 23.4 Å². The zero-order chi connectivity index (χ0) is 11.8. The van der Waals surface area contributed by atoms with Gasteiger partial charge in [-0.25, -0.2) is 4.79 Å². The first kappa shape index (κ1) is 11.8. The molecule has 0 aliphatic heterocycles. The van der Waals surface area contributed by atoms with Crippen LogP contribution in [0.1, 0.15) is 15.9 Å². The number of hydrogen-bond acceptors (Lipinski definition) is 2. The molecule has 0 unspecified atom stereocenters. The Morgan fingerprint density at radius 1 is 1.40 bits per heavy atom. The van der Waals surface area contributed by atoms with Gasteiger partial charge in [0, 0.05) is 10.2 Å². The molecular weight excluding hydrogens is 279 g/mol. The molecule has 1 aromatic carbocycles. The van der Waals surface area contributed by atoms with E-state index in [1.807, 2.05) is 0 Å². The lowest BCUT2D eigenvalue weighted by Gasteiger charge is -2.10. The summed E-state index contributed by atoms with van der Waals surface area (Å²) in [5, 5.41) is 8.65. The fourth-order valence-electron chi connectivity index (χ4n) is 1.02. The lowest BCUT2D eigenvalue weighted by molar-refractivity contribution is -0.137. The Kier molecular flexibility index (Phi) is 2.94. The minimum absolute atomic E-state index is 0.192. The Labute approximate surface area is 90.8 Å². The lowest BCUT2D eigenvalue weighted by atomic mass is 10.1. The molecule has 0 radical (unpaired) electrons. The third-order valence-corrected chi connectivity index (χ3v) is 2.29. The number of hydrogen-bond donors (Lipinski definition) is 2.